The maximum Gasteiger partial charge on any atom is 0.341 e. The highest BCUT2D eigenvalue weighted by atomic mass is 79.9. The van der Waals surface area contributed by atoms with Gasteiger partial charge in [0.1, 0.15) is 11.4 Å². The van der Waals surface area contributed by atoms with Crippen LogP contribution in [0.2, 0.25) is 0 Å². The molecule has 0 radical (unpaired) electrons. The number of hydrogen-bond donors (Lipinski definition) is 1. The van der Waals surface area contributed by atoms with Crippen LogP contribution in [0.5, 0.6) is 0 Å². The van der Waals surface area contributed by atoms with E-state index in [2.05, 4.69) is 15.9 Å². The molecule has 1 aromatic heterocycles. The first-order valence-electron chi connectivity index (χ1n) is 4.63. The van der Waals surface area contributed by atoms with E-state index in [1.165, 1.54) is 22.9 Å². The van der Waals surface area contributed by atoms with Gasteiger partial charge in [0.15, 0.2) is 0 Å². The van der Waals surface area contributed by atoms with Crippen molar-refractivity contribution in [2.75, 3.05) is 0 Å². The maximum absolute atomic E-state index is 13.3. The van der Waals surface area contributed by atoms with Gasteiger partial charge in [-0.15, -0.1) is 0 Å². The lowest BCUT2D eigenvalue weighted by Crippen LogP contribution is -2.18. The van der Waals surface area contributed by atoms with Gasteiger partial charge in [-0.2, -0.15) is 0 Å². The number of halogens is 2. The molecule has 0 unspecified atom stereocenters. The minimum atomic E-state index is -1.30. The summed E-state index contributed by atoms with van der Waals surface area (Å²) in [6.45, 7) is 0. The Bertz CT molecular complexity index is 693. The second kappa shape index (κ2) is 3.96. The molecule has 0 saturated heterocycles. The monoisotopic (exact) mass is 299 g/mol. The Balaban J connectivity index is 2.99. The van der Waals surface area contributed by atoms with E-state index < -0.39 is 17.2 Å². The number of aromatic nitrogens is 1. The maximum atomic E-state index is 13.3. The van der Waals surface area contributed by atoms with Gasteiger partial charge in [-0.1, -0.05) is 0 Å². The van der Waals surface area contributed by atoms with Gasteiger partial charge >= 0.3 is 5.97 Å². The van der Waals surface area contributed by atoms with E-state index in [-0.39, 0.29) is 15.4 Å². The summed E-state index contributed by atoms with van der Waals surface area (Å²) in [6.07, 6.45) is 1.18. The molecule has 1 heterocycles. The molecule has 88 valence electrons. The highest BCUT2D eigenvalue weighted by molar-refractivity contribution is 9.10. The van der Waals surface area contributed by atoms with Crippen molar-refractivity contribution in [3.05, 3.63) is 44.4 Å². The molecule has 0 atom stereocenters. The van der Waals surface area contributed by atoms with E-state index in [0.29, 0.717) is 5.52 Å². The van der Waals surface area contributed by atoms with Crippen molar-refractivity contribution in [3.8, 4) is 0 Å². The Labute approximate surface area is 103 Å². The zero-order valence-corrected chi connectivity index (χ0v) is 10.3. The molecule has 0 spiro atoms. The molecular formula is C11H7BrFNO3. The molecule has 0 amide bonds. The van der Waals surface area contributed by atoms with Crippen LogP contribution in [0.3, 0.4) is 0 Å². The number of carboxylic acid groups (broad SMARTS) is 1. The number of carboxylic acids is 1. The Morgan fingerprint density at radius 2 is 2.12 bits per heavy atom. The van der Waals surface area contributed by atoms with E-state index in [9.17, 15) is 14.0 Å². The Kier molecular flexibility index (Phi) is 2.74. The minimum Gasteiger partial charge on any atom is -0.477 e. The summed E-state index contributed by atoms with van der Waals surface area (Å²) in [7, 11) is 1.56. The minimum absolute atomic E-state index is 0.129. The highest BCUT2D eigenvalue weighted by Gasteiger charge is 2.14. The van der Waals surface area contributed by atoms with Crippen LogP contribution < -0.4 is 5.43 Å². The predicted molar refractivity (Wildman–Crippen MR) is 63.8 cm³/mol. The molecule has 0 aliphatic rings. The molecule has 0 saturated carbocycles. The van der Waals surface area contributed by atoms with Crippen LogP contribution in [0.25, 0.3) is 10.9 Å². The van der Waals surface area contributed by atoms with Gasteiger partial charge in [0.05, 0.1) is 9.99 Å². The molecule has 6 heteroatoms. The number of rotatable bonds is 1. The topological polar surface area (TPSA) is 59.3 Å². The van der Waals surface area contributed by atoms with Crippen molar-refractivity contribution in [1.82, 2.24) is 4.57 Å². The van der Waals surface area contributed by atoms with Crippen LogP contribution in [0.1, 0.15) is 10.4 Å². The van der Waals surface area contributed by atoms with Crippen LogP contribution in [0.15, 0.2) is 27.6 Å². The molecule has 2 aromatic rings. The molecule has 4 nitrogen and oxygen atoms in total. The zero-order valence-electron chi connectivity index (χ0n) is 8.70. The van der Waals surface area contributed by atoms with Crippen molar-refractivity contribution in [3.63, 3.8) is 0 Å². The van der Waals surface area contributed by atoms with Crippen LogP contribution in [0.4, 0.5) is 4.39 Å². The van der Waals surface area contributed by atoms with E-state index in [1.807, 2.05) is 0 Å². The molecule has 1 N–H and O–H groups in total. The number of hydrogen-bond acceptors (Lipinski definition) is 2. The Hall–Kier alpha value is -1.69. The second-order valence-electron chi connectivity index (χ2n) is 3.57. The normalized spacial score (nSPS) is 10.8. The number of fused-ring (bicyclic) bond motifs is 1. The van der Waals surface area contributed by atoms with Gasteiger partial charge in [-0.05, 0) is 28.1 Å². The average molecular weight is 300 g/mol. The summed E-state index contributed by atoms with van der Waals surface area (Å²) in [6, 6.07) is 2.48. The number of carbonyl (C=O) groups is 1. The molecule has 17 heavy (non-hydrogen) atoms. The first-order chi connectivity index (χ1) is 7.91. The average Bonchev–Trinajstić information content (AvgIpc) is 2.25. The van der Waals surface area contributed by atoms with Crippen LogP contribution in [-0.4, -0.2) is 15.6 Å². The van der Waals surface area contributed by atoms with Crippen LogP contribution in [0, 0.1) is 5.82 Å². The number of benzene rings is 1. The number of pyridine rings is 1. The summed E-state index contributed by atoms with van der Waals surface area (Å²) >= 11 is 2.97. The van der Waals surface area contributed by atoms with Crippen molar-refractivity contribution in [1.29, 1.82) is 0 Å². The first kappa shape index (κ1) is 11.8. The third-order valence-electron chi connectivity index (χ3n) is 2.46. The summed E-state index contributed by atoms with van der Waals surface area (Å²) < 4.78 is 14.9. The summed E-state index contributed by atoms with van der Waals surface area (Å²) in [4.78, 5) is 22.7. The standard InChI is InChI=1S/C11H7BrFNO3/c1-14-4-6(11(16)17)10(15)5-2-7(12)8(13)3-9(5)14/h2-4H,1H3,(H,16,17). The van der Waals surface area contributed by atoms with Gasteiger partial charge < -0.3 is 9.67 Å². The first-order valence-corrected chi connectivity index (χ1v) is 5.43. The molecule has 0 aliphatic carbocycles. The van der Waals surface area contributed by atoms with Gasteiger partial charge in [0.2, 0.25) is 5.43 Å². The van der Waals surface area contributed by atoms with Gasteiger partial charge in [-0.25, -0.2) is 9.18 Å². The lowest BCUT2D eigenvalue weighted by Gasteiger charge is -2.07. The molecule has 1 aromatic carbocycles. The third-order valence-corrected chi connectivity index (χ3v) is 3.07. The summed E-state index contributed by atoms with van der Waals surface area (Å²) in [5.41, 5.74) is -0.606. The molecule has 2 rings (SSSR count). The highest BCUT2D eigenvalue weighted by Crippen LogP contribution is 2.21. The number of nitrogens with zero attached hydrogens (tertiary/aromatic N) is 1. The van der Waals surface area contributed by atoms with Crippen molar-refractivity contribution >= 4 is 32.8 Å². The number of aryl methyl sites for hydroxylation is 1. The molecule has 0 aliphatic heterocycles. The van der Waals surface area contributed by atoms with Gasteiger partial charge in [-0.3, -0.25) is 4.79 Å². The smallest absolute Gasteiger partial charge is 0.341 e. The van der Waals surface area contributed by atoms with E-state index in [1.54, 1.807) is 7.05 Å². The predicted octanol–water partition coefficient (Wildman–Crippen LogP) is 2.14. The number of aromatic carboxylic acids is 1. The largest absolute Gasteiger partial charge is 0.477 e. The lowest BCUT2D eigenvalue weighted by molar-refractivity contribution is 0.0695. The molecular weight excluding hydrogens is 293 g/mol. The SMILES string of the molecule is Cn1cc(C(=O)O)c(=O)c2cc(Br)c(F)cc21. The van der Waals surface area contributed by atoms with Crippen molar-refractivity contribution < 1.29 is 14.3 Å². The van der Waals surface area contributed by atoms with Crippen molar-refractivity contribution in [2.24, 2.45) is 7.05 Å². The van der Waals surface area contributed by atoms with E-state index in [4.69, 9.17) is 5.11 Å². The molecule has 0 bridgehead atoms. The fourth-order valence-corrected chi connectivity index (χ4v) is 1.97. The van der Waals surface area contributed by atoms with Gasteiger partial charge in [0.25, 0.3) is 0 Å². The molecule has 0 fully saturated rings. The fourth-order valence-electron chi connectivity index (χ4n) is 1.63. The van der Waals surface area contributed by atoms with Crippen molar-refractivity contribution in [2.45, 2.75) is 0 Å². The van der Waals surface area contributed by atoms with E-state index in [0.717, 1.165) is 0 Å². The Morgan fingerprint density at radius 1 is 1.47 bits per heavy atom. The zero-order chi connectivity index (χ0) is 12.7. The van der Waals surface area contributed by atoms with E-state index >= 15 is 0 Å². The van der Waals surface area contributed by atoms with Gasteiger partial charge in [0, 0.05) is 18.6 Å². The second-order valence-corrected chi connectivity index (χ2v) is 4.43. The lowest BCUT2D eigenvalue weighted by atomic mass is 10.1. The Morgan fingerprint density at radius 3 is 2.71 bits per heavy atom. The van der Waals surface area contributed by atoms with Crippen LogP contribution >= 0.6 is 15.9 Å². The third kappa shape index (κ3) is 1.84. The summed E-state index contributed by atoms with van der Waals surface area (Å²) in [5, 5.41) is 9.04. The quantitative estimate of drug-likeness (QED) is 0.877. The van der Waals surface area contributed by atoms with Crippen LogP contribution in [-0.2, 0) is 7.05 Å². The fraction of sp³-hybridized carbons (Fsp3) is 0.0909. The summed E-state index contributed by atoms with van der Waals surface area (Å²) in [5.74, 6) is -1.80.